The summed E-state index contributed by atoms with van der Waals surface area (Å²) in [7, 11) is 6.03. The molecule has 1 unspecified atom stereocenters. The van der Waals surface area contributed by atoms with Gasteiger partial charge in [0.25, 0.3) is 0 Å². The Bertz CT molecular complexity index is 1030. The van der Waals surface area contributed by atoms with Crippen molar-refractivity contribution < 1.29 is 28.5 Å². The Balaban J connectivity index is 1.90. The van der Waals surface area contributed by atoms with Crippen LogP contribution in [0.15, 0.2) is 24.3 Å². The van der Waals surface area contributed by atoms with Gasteiger partial charge in [0, 0.05) is 43.5 Å². The van der Waals surface area contributed by atoms with Gasteiger partial charge in [-0.2, -0.15) is 0 Å². The lowest BCUT2D eigenvalue weighted by Crippen LogP contribution is -2.58. The molecule has 0 saturated carbocycles. The van der Waals surface area contributed by atoms with Gasteiger partial charge >= 0.3 is 5.97 Å². The summed E-state index contributed by atoms with van der Waals surface area (Å²) in [4.78, 5) is 31.6. The van der Waals surface area contributed by atoms with Gasteiger partial charge in [-0.1, -0.05) is 11.8 Å². The van der Waals surface area contributed by atoms with Crippen LogP contribution in [0.2, 0.25) is 0 Å². The van der Waals surface area contributed by atoms with E-state index in [0.717, 1.165) is 17.4 Å². The van der Waals surface area contributed by atoms with E-state index in [1.54, 1.807) is 39.5 Å². The number of hydrogen-bond acceptors (Lipinski definition) is 11. The number of methoxy groups -OCH3 is 4. The molecule has 1 aliphatic heterocycles. The number of hydrogen-bond donors (Lipinski definition) is 1. The van der Waals surface area contributed by atoms with E-state index >= 15 is 0 Å². The molecule has 11 heteroatoms. The number of benzene rings is 1. The van der Waals surface area contributed by atoms with Gasteiger partial charge in [-0.05, 0) is 19.2 Å². The normalized spacial score (nSPS) is 16.1. The summed E-state index contributed by atoms with van der Waals surface area (Å²) in [6.45, 7) is 3.29. The van der Waals surface area contributed by atoms with Crippen LogP contribution in [-0.2, 0) is 9.53 Å². The molecule has 1 fully saturated rings. The zero-order valence-electron chi connectivity index (χ0n) is 20.2. The van der Waals surface area contributed by atoms with Gasteiger partial charge in [-0.15, -0.1) is 0 Å². The maximum Gasteiger partial charge on any atom is 0.339 e. The molecule has 0 radical (unpaired) electrons. The van der Waals surface area contributed by atoms with E-state index < -0.39 is 12.0 Å². The number of piperazine rings is 1. The van der Waals surface area contributed by atoms with Crippen molar-refractivity contribution in [1.29, 1.82) is 0 Å². The van der Waals surface area contributed by atoms with Gasteiger partial charge in [0.1, 0.15) is 23.2 Å². The molecule has 10 nitrogen and oxygen atoms in total. The lowest BCUT2D eigenvalue weighted by Gasteiger charge is -2.41. The van der Waals surface area contributed by atoms with Crippen molar-refractivity contribution in [3.63, 3.8) is 0 Å². The highest BCUT2D eigenvalue weighted by Crippen LogP contribution is 2.32. The molecule has 2 heterocycles. The molecule has 1 aromatic carbocycles. The molecule has 0 bridgehead atoms. The lowest BCUT2D eigenvalue weighted by atomic mass is 10.1. The highest BCUT2D eigenvalue weighted by atomic mass is 32.2. The van der Waals surface area contributed by atoms with Crippen LogP contribution in [0.25, 0.3) is 0 Å². The molecular formula is C23H30N4O6S. The van der Waals surface area contributed by atoms with Crippen molar-refractivity contribution in [2.75, 3.05) is 64.7 Å². The first kappa shape index (κ1) is 25.4. The standard InChI is InChI=1S/C23H30N4O6S/c1-14-18(22(28)33-5)12-19(21(24-14)32-4)25-27-8-7-26(13-20(27)23(29)34-6)15-9-16(30-2)11-17(10-15)31-3/h9-12,20,25H,7-8,13H2,1-6H3. The summed E-state index contributed by atoms with van der Waals surface area (Å²) in [6.07, 6.45) is 1.76. The maximum absolute atomic E-state index is 12.9. The van der Waals surface area contributed by atoms with E-state index in [0.29, 0.717) is 54.0 Å². The highest BCUT2D eigenvalue weighted by Gasteiger charge is 2.33. The first-order valence-corrected chi connectivity index (χ1v) is 11.8. The molecule has 1 aliphatic rings. The van der Waals surface area contributed by atoms with Gasteiger partial charge in [-0.3, -0.25) is 4.79 Å². The van der Waals surface area contributed by atoms with E-state index in [4.69, 9.17) is 18.9 Å². The van der Waals surface area contributed by atoms with Crippen LogP contribution in [0.5, 0.6) is 17.4 Å². The Hall–Kier alpha value is -3.18. The average Bonchev–Trinajstić information content (AvgIpc) is 2.88. The number of pyridine rings is 1. The zero-order valence-corrected chi connectivity index (χ0v) is 21.0. The minimum atomic E-state index is -0.496. The number of rotatable bonds is 8. The summed E-state index contributed by atoms with van der Waals surface area (Å²) in [5.41, 5.74) is 5.44. The van der Waals surface area contributed by atoms with Crippen molar-refractivity contribution in [2.24, 2.45) is 0 Å². The third-order valence-corrected chi connectivity index (χ3v) is 6.27. The van der Waals surface area contributed by atoms with Crippen molar-refractivity contribution in [3.8, 4) is 17.4 Å². The molecule has 1 atom stereocenters. The van der Waals surface area contributed by atoms with Gasteiger partial charge in [-0.25, -0.2) is 14.8 Å². The van der Waals surface area contributed by atoms with E-state index in [1.165, 1.54) is 14.2 Å². The second-order valence-corrected chi connectivity index (χ2v) is 8.34. The second-order valence-electron chi connectivity index (χ2n) is 7.53. The number of carbonyl (C=O) groups is 2. The maximum atomic E-state index is 12.9. The van der Waals surface area contributed by atoms with E-state index in [-0.39, 0.29) is 5.12 Å². The minimum absolute atomic E-state index is 0.000657. The summed E-state index contributed by atoms with van der Waals surface area (Å²) < 4.78 is 21.1. The molecule has 2 aromatic rings. The van der Waals surface area contributed by atoms with Gasteiger partial charge in [0.05, 0.1) is 39.7 Å². The summed E-state index contributed by atoms with van der Waals surface area (Å²) in [6, 6.07) is 6.80. The fourth-order valence-electron chi connectivity index (χ4n) is 3.75. The smallest absolute Gasteiger partial charge is 0.339 e. The van der Waals surface area contributed by atoms with Crippen LogP contribution >= 0.6 is 11.8 Å². The SMILES string of the molecule is COC(=O)c1cc(NN2CCN(c3cc(OC)cc(OC)c3)CC2C(=O)SC)c(OC)nc1C. The molecule has 0 aliphatic carbocycles. The Labute approximate surface area is 203 Å². The quantitative estimate of drug-likeness (QED) is 0.553. The van der Waals surface area contributed by atoms with Gasteiger partial charge in [0.15, 0.2) is 0 Å². The second kappa shape index (κ2) is 11.3. The van der Waals surface area contributed by atoms with Gasteiger partial charge in [0.2, 0.25) is 11.0 Å². The summed E-state index contributed by atoms with van der Waals surface area (Å²) >= 11 is 1.16. The summed E-state index contributed by atoms with van der Waals surface area (Å²) in [5, 5.41) is 1.85. The summed E-state index contributed by atoms with van der Waals surface area (Å²) in [5.74, 6) is 1.17. The predicted molar refractivity (Wildman–Crippen MR) is 131 cm³/mol. The number of nitrogens with zero attached hydrogens (tertiary/aromatic N) is 3. The topological polar surface area (TPSA) is 102 Å². The van der Waals surface area contributed by atoms with Crippen LogP contribution in [0, 0.1) is 6.92 Å². The fraction of sp³-hybridized carbons (Fsp3) is 0.435. The first-order chi connectivity index (χ1) is 16.3. The highest BCUT2D eigenvalue weighted by molar-refractivity contribution is 8.13. The third kappa shape index (κ3) is 5.48. The van der Waals surface area contributed by atoms with E-state index in [1.807, 2.05) is 17.1 Å². The molecule has 1 N–H and O–H groups in total. The molecule has 0 amide bonds. The largest absolute Gasteiger partial charge is 0.497 e. The predicted octanol–water partition coefficient (Wildman–Crippen LogP) is 2.61. The van der Waals surface area contributed by atoms with Gasteiger partial charge < -0.3 is 29.3 Å². The number of anilines is 2. The molecule has 0 spiro atoms. The van der Waals surface area contributed by atoms with Crippen LogP contribution in [0.1, 0.15) is 16.1 Å². The van der Waals surface area contributed by atoms with Crippen LogP contribution in [0.4, 0.5) is 11.4 Å². The molecule has 34 heavy (non-hydrogen) atoms. The Morgan fingerprint density at radius 3 is 2.26 bits per heavy atom. The minimum Gasteiger partial charge on any atom is -0.497 e. The molecule has 3 rings (SSSR count). The number of carbonyl (C=O) groups excluding carboxylic acids is 2. The monoisotopic (exact) mass is 490 g/mol. The van der Waals surface area contributed by atoms with Crippen molar-refractivity contribution in [1.82, 2.24) is 9.99 Å². The number of thioether (sulfide) groups is 1. The van der Waals surface area contributed by atoms with Crippen LogP contribution in [0.3, 0.4) is 0 Å². The Morgan fingerprint density at radius 1 is 1.03 bits per heavy atom. The number of hydrazine groups is 1. The zero-order chi connectivity index (χ0) is 24.8. The number of aromatic nitrogens is 1. The molecular weight excluding hydrogens is 460 g/mol. The molecule has 1 saturated heterocycles. The average molecular weight is 491 g/mol. The van der Waals surface area contributed by atoms with Crippen molar-refractivity contribution in [2.45, 2.75) is 13.0 Å². The van der Waals surface area contributed by atoms with Crippen LogP contribution in [-0.4, -0.2) is 81.4 Å². The molecule has 1 aromatic heterocycles. The van der Waals surface area contributed by atoms with Crippen molar-refractivity contribution >= 4 is 34.2 Å². The van der Waals surface area contributed by atoms with E-state index in [9.17, 15) is 9.59 Å². The van der Waals surface area contributed by atoms with Crippen molar-refractivity contribution in [3.05, 3.63) is 35.5 Å². The van der Waals surface area contributed by atoms with E-state index in [2.05, 4.69) is 15.3 Å². The molecule has 184 valence electrons. The fourth-order valence-corrected chi connectivity index (χ4v) is 4.23. The van der Waals surface area contributed by atoms with Crippen LogP contribution < -0.4 is 24.5 Å². The lowest BCUT2D eigenvalue weighted by molar-refractivity contribution is -0.115. The number of nitrogens with one attached hydrogen (secondary N) is 1. The Kier molecular flexibility index (Phi) is 8.46. The third-order valence-electron chi connectivity index (χ3n) is 5.60. The number of ether oxygens (including phenoxy) is 4. The number of esters is 1. The number of aryl methyl sites for hydroxylation is 1. The Morgan fingerprint density at radius 2 is 1.71 bits per heavy atom. The first-order valence-electron chi connectivity index (χ1n) is 10.6.